The lowest BCUT2D eigenvalue weighted by Crippen LogP contribution is -2.31. The van der Waals surface area contributed by atoms with E-state index in [4.69, 9.17) is 15.7 Å². The number of nitrogens with one attached hydrogen (secondary N) is 2. The molecule has 2 atom stereocenters. The summed E-state index contributed by atoms with van der Waals surface area (Å²) >= 11 is 0. The molecular weight excluding hydrogens is 453 g/mol. The van der Waals surface area contributed by atoms with E-state index in [1.54, 1.807) is 12.1 Å². The van der Waals surface area contributed by atoms with E-state index >= 15 is 0 Å². The summed E-state index contributed by atoms with van der Waals surface area (Å²) in [6.45, 7) is 1.29. The number of hydrogen-bond acceptors (Lipinski definition) is 7. The quantitative estimate of drug-likeness (QED) is 0.214. The molecule has 35 heavy (non-hydrogen) atoms. The summed E-state index contributed by atoms with van der Waals surface area (Å²) in [5.74, 6) is -2.31. The Hall–Kier alpha value is -4.78. The SMILES string of the molecule is CC(=O)c1ccc(F)c(C2CC2NC(=O)Nc2ccc(C#N)cn2)c1OC(=O)c1cccc(N)c1. The largest absolute Gasteiger partial charge is 0.422 e. The maximum atomic E-state index is 14.9. The highest BCUT2D eigenvalue weighted by Gasteiger charge is 2.44. The van der Waals surface area contributed by atoms with Gasteiger partial charge in [-0.1, -0.05) is 6.07 Å². The van der Waals surface area contributed by atoms with Crippen molar-refractivity contribution >= 4 is 29.3 Å². The fraction of sp³-hybridized carbons (Fsp3) is 0.160. The minimum atomic E-state index is -0.790. The van der Waals surface area contributed by atoms with Crippen LogP contribution in [0.3, 0.4) is 0 Å². The van der Waals surface area contributed by atoms with Crippen molar-refractivity contribution < 1.29 is 23.5 Å². The number of nitrogen functional groups attached to an aromatic ring is 1. The smallest absolute Gasteiger partial charge is 0.343 e. The van der Waals surface area contributed by atoms with Crippen LogP contribution in [0, 0.1) is 17.1 Å². The Morgan fingerprint density at radius 1 is 1.20 bits per heavy atom. The maximum Gasteiger partial charge on any atom is 0.343 e. The van der Waals surface area contributed by atoms with Gasteiger partial charge in [-0.3, -0.25) is 10.1 Å². The lowest BCUT2D eigenvalue weighted by Gasteiger charge is -2.15. The molecule has 3 aromatic rings. The minimum absolute atomic E-state index is 0.0387. The van der Waals surface area contributed by atoms with Crippen LogP contribution >= 0.6 is 0 Å². The molecule has 0 radical (unpaired) electrons. The van der Waals surface area contributed by atoms with Gasteiger partial charge in [0.1, 0.15) is 23.5 Å². The third-order valence-electron chi connectivity index (χ3n) is 5.45. The van der Waals surface area contributed by atoms with Gasteiger partial charge in [-0.15, -0.1) is 0 Å². The zero-order valence-electron chi connectivity index (χ0n) is 18.5. The number of ether oxygens (including phenoxy) is 1. The number of ketones is 1. The zero-order chi connectivity index (χ0) is 25.1. The third-order valence-corrected chi connectivity index (χ3v) is 5.45. The Kier molecular flexibility index (Phi) is 6.42. The first-order valence-electron chi connectivity index (χ1n) is 10.6. The van der Waals surface area contributed by atoms with Crippen molar-refractivity contribution in [2.45, 2.75) is 25.3 Å². The summed E-state index contributed by atoms with van der Waals surface area (Å²) in [6.07, 6.45) is 1.69. The fourth-order valence-electron chi connectivity index (χ4n) is 3.65. The summed E-state index contributed by atoms with van der Waals surface area (Å²) in [7, 11) is 0. The topological polar surface area (TPSA) is 147 Å². The number of nitrogens with zero attached hydrogens (tertiary/aromatic N) is 2. The van der Waals surface area contributed by atoms with Gasteiger partial charge in [0, 0.05) is 29.4 Å². The number of hydrogen-bond donors (Lipinski definition) is 3. The summed E-state index contributed by atoms with van der Waals surface area (Å²) in [6, 6.07) is 12.4. The monoisotopic (exact) mass is 473 g/mol. The number of anilines is 2. The Bertz CT molecular complexity index is 1370. The summed E-state index contributed by atoms with van der Waals surface area (Å²) in [5.41, 5.74) is 6.66. The van der Waals surface area contributed by atoms with Gasteiger partial charge in [0.15, 0.2) is 5.78 Å². The maximum absolute atomic E-state index is 14.9. The van der Waals surface area contributed by atoms with E-state index in [1.807, 2.05) is 6.07 Å². The van der Waals surface area contributed by atoms with Gasteiger partial charge < -0.3 is 15.8 Å². The van der Waals surface area contributed by atoms with Gasteiger partial charge in [0.05, 0.1) is 16.7 Å². The lowest BCUT2D eigenvalue weighted by molar-refractivity contribution is 0.0730. The molecule has 0 spiro atoms. The van der Waals surface area contributed by atoms with Gasteiger partial charge in [-0.2, -0.15) is 5.26 Å². The number of halogens is 1. The van der Waals surface area contributed by atoms with Gasteiger partial charge in [-0.25, -0.2) is 19.0 Å². The van der Waals surface area contributed by atoms with E-state index in [-0.39, 0.29) is 28.3 Å². The van der Waals surface area contributed by atoms with Gasteiger partial charge in [0.25, 0.3) is 0 Å². The van der Waals surface area contributed by atoms with E-state index in [2.05, 4.69) is 15.6 Å². The highest BCUT2D eigenvalue weighted by Crippen LogP contribution is 2.47. The number of pyridine rings is 1. The van der Waals surface area contributed by atoms with Crippen LogP contribution in [0.4, 0.5) is 20.7 Å². The molecule has 0 aliphatic heterocycles. The molecule has 0 bridgehead atoms. The standard InChI is InChI=1S/C25H20FN5O4/c1-13(32)17-6-7-19(26)22(23(17)35-24(33)15-3-2-4-16(28)9-15)18-10-20(18)30-25(34)31-21-8-5-14(11-27)12-29-21/h2-9,12,18,20H,10,28H2,1H3,(H2,29,30,31,34). The van der Waals surface area contributed by atoms with Crippen molar-refractivity contribution in [1.82, 2.24) is 10.3 Å². The molecular formula is C25H20FN5O4. The first kappa shape index (κ1) is 23.4. The molecule has 9 nitrogen and oxygen atoms in total. The molecule has 1 aliphatic carbocycles. The molecule has 2 amide bonds. The van der Waals surface area contributed by atoms with Crippen LogP contribution in [0.2, 0.25) is 0 Å². The zero-order valence-corrected chi connectivity index (χ0v) is 18.5. The Morgan fingerprint density at radius 2 is 2.00 bits per heavy atom. The van der Waals surface area contributed by atoms with E-state index in [1.165, 1.54) is 43.5 Å². The number of esters is 1. The van der Waals surface area contributed by atoms with E-state index in [0.29, 0.717) is 17.7 Å². The molecule has 1 aromatic heterocycles. The lowest BCUT2D eigenvalue weighted by atomic mass is 10.0. The number of urea groups is 1. The van der Waals surface area contributed by atoms with Crippen LogP contribution < -0.4 is 21.1 Å². The molecule has 2 unspecified atom stereocenters. The van der Waals surface area contributed by atoms with Crippen LogP contribution in [0.25, 0.3) is 0 Å². The molecule has 2 aromatic carbocycles. The Morgan fingerprint density at radius 3 is 2.66 bits per heavy atom. The molecule has 4 N–H and O–H groups in total. The van der Waals surface area contributed by atoms with E-state index < -0.39 is 35.6 Å². The van der Waals surface area contributed by atoms with Crippen molar-refractivity contribution in [3.8, 4) is 11.8 Å². The van der Waals surface area contributed by atoms with Crippen molar-refractivity contribution in [3.05, 3.63) is 82.8 Å². The number of rotatable bonds is 6. The van der Waals surface area contributed by atoms with Crippen LogP contribution in [0.1, 0.15) is 51.1 Å². The molecule has 1 saturated carbocycles. The van der Waals surface area contributed by atoms with Gasteiger partial charge >= 0.3 is 12.0 Å². The molecule has 1 fully saturated rings. The van der Waals surface area contributed by atoms with Crippen molar-refractivity contribution in [2.75, 3.05) is 11.1 Å². The summed E-state index contributed by atoms with van der Waals surface area (Å²) in [5, 5.41) is 14.1. The van der Waals surface area contributed by atoms with Crippen molar-refractivity contribution in [1.29, 1.82) is 5.26 Å². The summed E-state index contributed by atoms with van der Waals surface area (Å²) in [4.78, 5) is 41.3. The highest BCUT2D eigenvalue weighted by molar-refractivity contribution is 6.00. The third kappa shape index (κ3) is 5.25. The first-order valence-corrected chi connectivity index (χ1v) is 10.6. The number of nitriles is 1. The Labute approximate surface area is 199 Å². The van der Waals surface area contributed by atoms with Gasteiger partial charge in [-0.05, 0) is 55.8 Å². The predicted molar refractivity (Wildman–Crippen MR) is 124 cm³/mol. The van der Waals surface area contributed by atoms with E-state index in [0.717, 1.165) is 6.07 Å². The molecule has 0 saturated heterocycles. The van der Waals surface area contributed by atoms with Crippen LogP contribution in [-0.2, 0) is 0 Å². The molecule has 10 heteroatoms. The number of carbonyl (C=O) groups excluding carboxylic acids is 3. The number of benzene rings is 2. The second-order valence-corrected chi connectivity index (χ2v) is 8.00. The highest BCUT2D eigenvalue weighted by atomic mass is 19.1. The number of Topliss-reactive ketones (excluding diaryl/α,β-unsaturated/α-hetero) is 1. The van der Waals surface area contributed by atoms with Crippen LogP contribution in [0.15, 0.2) is 54.7 Å². The average molecular weight is 473 g/mol. The summed E-state index contributed by atoms with van der Waals surface area (Å²) < 4.78 is 20.5. The van der Waals surface area contributed by atoms with E-state index in [9.17, 15) is 18.8 Å². The van der Waals surface area contributed by atoms with Gasteiger partial charge in [0.2, 0.25) is 0 Å². The normalized spacial score (nSPS) is 16.0. The fourth-order valence-corrected chi connectivity index (χ4v) is 3.65. The number of amides is 2. The molecule has 176 valence electrons. The molecule has 1 heterocycles. The predicted octanol–water partition coefficient (Wildman–Crippen LogP) is 3.77. The Balaban J connectivity index is 1.54. The van der Waals surface area contributed by atoms with Crippen LogP contribution in [-0.4, -0.2) is 28.8 Å². The number of carbonyl (C=O) groups is 3. The number of nitrogens with two attached hydrogens (primary N) is 1. The second kappa shape index (κ2) is 9.61. The second-order valence-electron chi connectivity index (χ2n) is 8.00. The van der Waals surface area contributed by atoms with Crippen LogP contribution in [0.5, 0.6) is 5.75 Å². The molecule has 4 rings (SSSR count). The van der Waals surface area contributed by atoms with Crippen molar-refractivity contribution in [2.24, 2.45) is 0 Å². The first-order chi connectivity index (χ1) is 16.8. The number of aromatic nitrogens is 1. The van der Waals surface area contributed by atoms with Crippen molar-refractivity contribution in [3.63, 3.8) is 0 Å². The minimum Gasteiger partial charge on any atom is -0.422 e. The molecule has 1 aliphatic rings. The average Bonchev–Trinajstić information content (AvgIpc) is 3.57.